The van der Waals surface area contributed by atoms with Crippen molar-refractivity contribution in [2.75, 3.05) is 11.1 Å². The van der Waals surface area contributed by atoms with Crippen molar-refractivity contribution in [3.63, 3.8) is 0 Å². The Morgan fingerprint density at radius 3 is 2.95 bits per heavy atom. The van der Waals surface area contributed by atoms with E-state index in [1.807, 2.05) is 24.3 Å². The molecule has 5 heteroatoms. The van der Waals surface area contributed by atoms with Crippen molar-refractivity contribution in [1.29, 1.82) is 5.26 Å². The van der Waals surface area contributed by atoms with E-state index >= 15 is 0 Å². The Bertz CT molecular complexity index is 623. The molecule has 2 aromatic rings. The number of amides is 1. The molecule has 0 saturated heterocycles. The molecular formula is C15H13N3OS. The third-order valence-corrected chi connectivity index (χ3v) is 3.44. The Labute approximate surface area is 121 Å². The van der Waals surface area contributed by atoms with Gasteiger partial charge in [0.15, 0.2) is 0 Å². The van der Waals surface area contributed by atoms with E-state index in [1.165, 1.54) is 0 Å². The summed E-state index contributed by atoms with van der Waals surface area (Å²) in [6.45, 7) is 0. The number of aromatic nitrogens is 1. The van der Waals surface area contributed by atoms with Gasteiger partial charge in [-0.3, -0.25) is 4.79 Å². The number of hydrogen-bond donors (Lipinski definition) is 1. The van der Waals surface area contributed by atoms with Crippen LogP contribution in [0.4, 0.5) is 5.69 Å². The number of carbonyl (C=O) groups is 1. The van der Waals surface area contributed by atoms with Crippen molar-refractivity contribution in [1.82, 2.24) is 4.98 Å². The molecule has 0 aliphatic carbocycles. The summed E-state index contributed by atoms with van der Waals surface area (Å²) >= 11 is 1.54. The number of rotatable bonds is 5. The number of thioether (sulfide) groups is 1. The molecule has 1 heterocycles. The Hall–Kier alpha value is -2.32. The lowest BCUT2D eigenvalue weighted by Gasteiger charge is -2.05. The van der Waals surface area contributed by atoms with Crippen LogP contribution in [0.25, 0.3) is 0 Å². The fourth-order valence-electron chi connectivity index (χ4n) is 1.57. The molecular weight excluding hydrogens is 270 g/mol. The zero-order chi connectivity index (χ0) is 14.2. The van der Waals surface area contributed by atoms with E-state index in [1.54, 1.807) is 42.2 Å². The number of pyridine rings is 1. The first-order valence-corrected chi connectivity index (χ1v) is 7.10. The lowest BCUT2D eigenvalue weighted by atomic mass is 10.2. The van der Waals surface area contributed by atoms with Crippen molar-refractivity contribution >= 4 is 23.4 Å². The number of carbonyl (C=O) groups excluding carboxylic acids is 1. The molecule has 1 amide bonds. The normalized spacial score (nSPS) is 9.75. The van der Waals surface area contributed by atoms with Crippen LogP contribution < -0.4 is 5.32 Å². The highest BCUT2D eigenvalue weighted by Crippen LogP contribution is 2.16. The van der Waals surface area contributed by atoms with Crippen molar-refractivity contribution in [2.45, 2.75) is 11.4 Å². The van der Waals surface area contributed by atoms with Crippen LogP contribution in [0.5, 0.6) is 0 Å². The van der Waals surface area contributed by atoms with Gasteiger partial charge in [-0.25, -0.2) is 4.98 Å². The molecule has 20 heavy (non-hydrogen) atoms. The lowest BCUT2D eigenvalue weighted by molar-refractivity contribution is -0.115. The van der Waals surface area contributed by atoms with Gasteiger partial charge < -0.3 is 5.32 Å². The predicted octanol–water partition coefficient (Wildman–Crippen LogP) is 3.07. The second kappa shape index (κ2) is 7.31. The first kappa shape index (κ1) is 14.1. The number of anilines is 1. The molecule has 0 spiro atoms. The standard InChI is InChI=1S/C15H13N3OS/c16-11-12-4-3-5-13(10-12)18-14(19)7-9-20-15-6-1-2-8-17-15/h1-6,8,10H,7,9H2,(H,18,19). The first-order chi connectivity index (χ1) is 9.78. The highest BCUT2D eigenvalue weighted by molar-refractivity contribution is 7.99. The molecule has 0 unspecified atom stereocenters. The second-order valence-electron chi connectivity index (χ2n) is 4.01. The average Bonchev–Trinajstić information content (AvgIpc) is 2.48. The van der Waals surface area contributed by atoms with Crippen LogP contribution >= 0.6 is 11.8 Å². The minimum Gasteiger partial charge on any atom is -0.326 e. The van der Waals surface area contributed by atoms with Crippen LogP contribution in [0.1, 0.15) is 12.0 Å². The SMILES string of the molecule is N#Cc1cccc(NC(=O)CCSc2ccccn2)c1. The minimum atomic E-state index is -0.0662. The Morgan fingerprint density at radius 2 is 2.20 bits per heavy atom. The number of nitrogens with zero attached hydrogens (tertiary/aromatic N) is 2. The van der Waals surface area contributed by atoms with E-state index < -0.39 is 0 Å². The highest BCUT2D eigenvalue weighted by Gasteiger charge is 2.04. The van der Waals surface area contributed by atoms with Gasteiger partial charge in [0.05, 0.1) is 16.7 Å². The molecule has 0 aliphatic rings. The van der Waals surface area contributed by atoms with Crippen molar-refractivity contribution in [2.24, 2.45) is 0 Å². The summed E-state index contributed by atoms with van der Waals surface area (Å²) < 4.78 is 0. The van der Waals surface area contributed by atoms with E-state index in [0.717, 1.165) is 5.03 Å². The maximum absolute atomic E-state index is 11.8. The largest absolute Gasteiger partial charge is 0.326 e. The Balaban J connectivity index is 1.79. The van der Waals surface area contributed by atoms with Crippen molar-refractivity contribution in [3.05, 3.63) is 54.2 Å². The zero-order valence-corrected chi connectivity index (χ0v) is 11.6. The van der Waals surface area contributed by atoms with Crippen LogP contribution in [0.2, 0.25) is 0 Å². The maximum Gasteiger partial charge on any atom is 0.225 e. The molecule has 100 valence electrons. The molecule has 0 radical (unpaired) electrons. The molecule has 1 aromatic carbocycles. The van der Waals surface area contributed by atoms with Gasteiger partial charge in [-0.15, -0.1) is 11.8 Å². The van der Waals surface area contributed by atoms with Crippen LogP contribution in [0.15, 0.2) is 53.7 Å². The number of benzene rings is 1. The summed E-state index contributed by atoms with van der Waals surface area (Å²) in [5.41, 5.74) is 1.18. The summed E-state index contributed by atoms with van der Waals surface area (Å²) in [6.07, 6.45) is 2.13. The van der Waals surface area contributed by atoms with Crippen LogP contribution in [-0.2, 0) is 4.79 Å². The van der Waals surface area contributed by atoms with Crippen molar-refractivity contribution in [3.8, 4) is 6.07 Å². The lowest BCUT2D eigenvalue weighted by Crippen LogP contribution is -2.12. The fraction of sp³-hybridized carbons (Fsp3) is 0.133. The maximum atomic E-state index is 11.8. The van der Waals surface area contributed by atoms with Gasteiger partial charge in [0.1, 0.15) is 0 Å². The number of hydrogen-bond acceptors (Lipinski definition) is 4. The van der Waals surface area contributed by atoms with Gasteiger partial charge in [0.2, 0.25) is 5.91 Å². The molecule has 1 aromatic heterocycles. The predicted molar refractivity (Wildman–Crippen MR) is 79.4 cm³/mol. The summed E-state index contributed by atoms with van der Waals surface area (Å²) in [5.74, 6) is 0.601. The van der Waals surface area contributed by atoms with E-state index in [0.29, 0.717) is 23.4 Å². The number of nitriles is 1. The van der Waals surface area contributed by atoms with Gasteiger partial charge in [0.25, 0.3) is 0 Å². The summed E-state index contributed by atoms with van der Waals surface area (Å²) in [5, 5.41) is 12.5. The van der Waals surface area contributed by atoms with Crippen LogP contribution in [0, 0.1) is 11.3 Å². The second-order valence-corrected chi connectivity index (χ2v) is 5.12. The molecule has 1 N–H and O–H groups in total. The van der Waals surface area contributed by atoms with Crippen molar-refractivity contribution < 1.29 is 4.79 Å². The van der Waals surface area contributed by atoms with E-state index in [-0.39, 0.29) is 5.91 Å². The Morgan fingerprint density at radius 1 is 1.30 bits per heavy atom. The van der Waals surface area contributed by atoms with Gasteiger partial charge in [-0.2, -0.15) is 5.26 Å². The van der Waals surface area contributed by atoms with E-state index in [9.17, 15) is 4.79 Å². The number of nitrogens with one attached hydrogen (secondary N) is 1. The molecule has 0 atom stereocenters. The molecule has 0 fully saturated rings. The fourth-order valence-corrected chi connectivity index (χ4v) is 2.38. The molecule has 0 bridgehead atoms. The molecule has 4 nitrogen and oxygen atoms in total. The zero-order valence-electron chi connectivity index (χ0n) is 10.7. The molecule has 0 saturated carbocycles. The smallest absolute Gasteiger partial charge is 0.225 e. The van der Waals surface area contributed by atoms with Crippen LogP contribution in [0.3, 0.4) is 0 Å². The van der Waals surface area contributed by atoms with Crippen LogP contribution in [-0.4, -0.2) is 16.6 Å². The quantitative estimate of drug-likeness (QED) is 0.856. The molecule has 2 rings (SSSR count). The minimum absolute atomic E-state index is 0.0662. The van der Waals surface area contributed by atoms with E-state index in [2.05, 4.69) is 10.3 Å². The third-order valence-electron chi connectivity index (χ3n) is 2.49. The monoisotopic (exact) mass is 283 g/mol. The van der Waals surface area contributed by atoms with Gasteiger partial charge >= 0.3 is 0 Å². The van der Waals surface area contributed by atoms with E-state index in [4.69, 9.17) is 5.26 Å². The highest BCUT2D eigenvalue weighted by atomic mass is 32.2. The van der Waals surface area contributed by atoms with Gasteiger partial charge in [-0.05, 0) is 30.3 Å². The topological polar surface area (TPSA) is 65.8 Å². The first-order valence-electron chi connectivity index (χ1n) is 6.12. The summed E-state index contributed by atoms with van der Waals surface area (Å²) in [4.78, 5) is 16.0. The average molecular weight is 283 g/mol. The Kier molecular flexibility index (Phi) is 5.15. The summed E-state index contributed by atoms with van der Waals surface area (Å²) in [7, 11) is 0. The molecule has 0 aliphatic heterocycles. The summed E-state index contributed by atoms with van der Waals surface area (Å²) in [6, 6.07) is 14.6. The van der Waals surface area contributed by atoms with Gasteiger partial charge in [-0.1, -0.05) is 12.1 Å². The van der Waals surface area contributed by atoms with Gasteiger partial charge in [0, 0.05) is 24.1 Å². The third kappa shape index (κ3) is 4.41.